The molecule has 0 amide bonds. The number of rotatable bonds is 5. The van der Waals surface area contributed by atoms with Crippen molar-refractivity contribution in [2.24, 2.45) is 0 Å². The molecule has 0 radical (unpaired) electrons. The van der Waals surface area contributed by atoms with E-state index in [4.69, 9.17) is 0 Å². The molecule has 1 saturated heterocycles. The lowest BCUT2D eigenvalue weighted by Gasteiger charge is -2.33. The van der Waals surface area contributed by atoms with Gasteiger partial charge in [0.2, 0.25) is 0 Å². The molecule has 1 heterocycles. The van der Waals surface area contributed by atoms with Crippen molar-refractivity contribution >= 4 is 0 Å². The van der Waals surface area contributed by atoms with Gasteiger partial charge in [0.1, 0.15) is 11.6 Å². The minimum atomic E-state index is -0.521. The Morgan fingerprint density at radius 2 is 1.14 bits per heavy atom. The maximum Gasteiger partial charge on any atom is 0.126 e. The van der Waals surface area contributed by atoms with Gasteiger partial charge in [0, 0.05) is 32.2 Å². The highest BCUT2D eigenvalue weighted by Crippen LogP contribution is 2.05. The fourth-order valence-electron chi connectivity index (χ4n) is 2.61. The van der Waals surface area contributed by atoms with Crippen molar-refractivity contribution in [2.75, 3.05) is 39.3 Å². The van der Waals surface area contributed by atoms with Gasteiger partial charge in [-0.05, 0) is 44.1 Å². The van der Waals surface area contributed by atoms with Crippen molar-refractivity contribution in [1.29, 1.82) is 0 Å². The normalized spacial score (nSPS) is 13.4. The molecule has 0 spiro atoms. The Kier molecular flexibility index (Phi) is 27.2. The Hall–Kier alpha value is -1.00. The largest absolute Gasteiger partial charge is 0.301 e. The molecule has 1 aliphatic rings. The summed E-state index contributed by atoms with van der Waals surface area (Å²) in [6.45, 7) is 25.9. The third-order valence-corrected chi connectivity index (χ3v) is 4.00. The molecule has 0 aliphatic carbocycles. The number of benzene rings is 1. The van der Waals surface area contributed by atoms with Crippen LogP contribution in [0.5, 0.6) is 0 Å². The van der Waals surface area contributed by atoms with Crippen LogP contribution in [0.2, 0.25) is 0 Å². The highest BCUT2D eigenvalue weighted by Gasteiger charge is 2.14. The van der Waals surface area contributed by atoms with E-state index in [-0.39, 0.29) is 0 Å². The van der Waals surface area contributed by atoms with E-state index < -0.39 is 11.6 Å². The predicted molar refractivity (Wildman–Crippen MR) is 123 cm³/mol. The van der Waals surface area contributed by atoms with Gasteiger partial charge in [-0.15, -0.1) is 0 Å². The van der Waals surface area contributed by atoms with Crippen molar-refractivity contribution in [2.45, 2.75) is 81.6 Å². The molecule has 1 aliphatic heterocycles. The van der Waals surface area contributed by atoms with E-state index in [1.807, 2.05) is 41.5 Å². The van der Waals surface area contributed by atoms with Crippen LogP contribution in [0.3, 0.4) is 0 Å². The molecule has 1 aromatic rings. The molecule has 0 atom stereocenters. The predicted octanol–water partition coefficient (Wildman–Crippen LogP) is 7.17. The lowest BCUT2D eigenvalue weighted by Crippen LogP contribution is -2.46. The van der Waals surface area contributed by atoms with Crippen molar-refractivity contribution < 1.29 is 8.78 Å². The second-order valence-corrected chi connectivity index (χ2v) is 5.93. The van der Waals surface area contributed by atoms with E-state index in [2.05, 4.69) is 23.6 Å². The molecule has 0 saturated carbocycles. The number of aryl methyl sites for hydroxylation is 1. The van der Waals surface area contributed by atoms with Crippen molar-refractivity contribution in [3.63, 3.8) is 0 Å². The van der Waals surface area contributed by atoms with Crippen LogP contribution < -0.4 is 0 Å². The average Bonchev–Trinajstić information content (AvgIpc) is 2.73. The fourth-order valence-corrected chi connectivity index (χ4v) is 2.61. The molecule has 0 aromatic heterocycles. The fraction of sp³-hybridized carbons (Fsp3) is 0.750. The van der Waals surface area contributed by atoms with E-state index in [1.54, 1.807) is 6.92 Å². The first-order chi connectivity index (χ1) is 13.5. The number of nitrogens with zero attached hydrogens (tertiary/aromatic N) is 2. The molecular formula is C24H48F2N2. The zero-order chi connectivity index (χ0) is 22.4. The summed E-state index contributed by atoms with van der Waals surface area (Å²) in [7, 11) is 0. The standard InChI is InChI=1S/C11H24N2.C7H6F2.3C2H6/c1-3-5-6-7-13-10-8-12(4-2)9-11-13;1-5-2-6(8)4-7(9)3-5;3*1-2/h3-11H2,1-2H3;2-4H,1H3;3*1-2H3. The summed E-state index contributed by atoms with van der Waals surface area (Å²) in [6, 6.07) is 3.42. The maximum absolute atomic E-state index is 12.2. The number of hydrogen-bond acceptors (Lipinski definition) is 2. The van der Waals surface area contributed by atoms with Gasteiger partial charge in [-0.25, -0.2) is 8.78 Å². The van der Waals surface area contributed by atoms with Crippen LogP contribution in [0.15, 0.2) is 18.2 Å². The minimum Gasteiger partial charge on any atom is -0.301 e. The lowest BCUT2D eigenvalue weighted by atomic mass is 10.2. The number of piperazine rings is 1. The van der Waals surface area contributed by atoms with Gasteiger partial charge >= 0.3 is 0 Å². The molecule has 0 unspecified atom stereocenters. The van der Waals surface area contributed by atoms with Crippen LogP contribution in [-0.4, -0.2) is 49.1 Å². The monoisotopic (exact) mass is 402 g/mol. The average molecular weight is 403 g/mol. The smallest absolute Gasteiger partial charge is 0.126 e. The van der Waals surface area contributed by atoms with Crippen LogP contribution in [0.25, 0.3) is 0 Å². The summed E-state index contributed by atoms with van der Waals surface area (Å²) < 4.78 is 24.4. The number of hydrogen-bond donors (Lipinski definition) is 0. The molecule has 0 bridgehead atoms. The van der Waals surface area contributed by atoms with Crippen molar-refractivity contribution in [1.82, 2.24) is 9.80 Å². The molecule has 0 N–H and O–H groups in total. The van der Waals surface area contributed by atoms with Gasteiger partial charge in [-0.3, -0.25) is 0 Å². The van der Waals surface area contributed by atoms with E-state index in [0.29, 0.717) is 5.56 Å². The van der Waals surface area contributed by atoms with Gasteiger partial charge < -0.3 is 9.80 Å². The molecule has 1 aromatic carbocycles. The van der Waals surface area contributed by atoms with E-state index in [1.165, 1.54) is 70.7 Å². The van der Waals surface area contributed by atoms with Crippen molar-refractivity contribution in [3.05, 3.63) is 35.4 Å². The zero-order valence-corrected chi connectivity index (χ0v) is 20.2. The van der Waals surface area contributed by atoms with Gasteiger partial charge in [-0.1, -0.05) is 68.2 Å². The summed E-state index contributed by atoms with van der Waals surface area (Å²) >= 11 is 0. The quantitative estimate of drug-likeness (QED) is 0.482. The lowest BCUT2D eigenvalue weighted by molar-refractivity contribution is 0.135. The van der Waals surface area contributed by atoms with Crippen LogP contribution in [0.4, 0.5) is 8.78 Å². The van der Waals surface area contributed by atoms with Crippen molar-refractivity contribution in [3.8, 4) is 0 Å². The summed E-state index contributed by atoms with van der Waals surface area (Å²) in [5.41, 5.74) is 0.604. The summed E-state index contributed by atoms with van der Waals surface area (Å²) in [6.07, 6.45) is 4.13. The van der Waals surface area contributed by atoms with E-state index >= 15 is 0 Å². The first-order valence-corrected chi connectivity index (χ1v) is 11.4. The molecule has 168 valence electrons. The van der Waals surface area contributed by atoms with Gasteiger partial charge in [0.15, 0.2) is 0 Å². The molecule has 28 heavy (non-hydrogen) atoms. The van der Waals surface area contributed by atoms with Crippen LogP contribution in [-0.2, 0) is 0 Å². The zero-order valence-electron chi connectivity index (χ0n) is 20.2. The second kappa shape index (κ2) is 24.0. The Morgan fingerprint density at radius 3 is 1.50 bits per heavy atom. The SMILES string of the molecule is CC.CC.CC.CCCCCN1CCN(CC)CC1.Cc1cc(F)cc(F)c1. The molecule has 2 rings (SSSR count). The summed E-state index contributed by atoms with van der Waals surface area (Å²) in [5.74, 6) is -1.04. The van der Waals surface area contributed by atoms with Crippen LogP contribution in [0.1, 0.15) is 80.2 Å². The topological polar surface area (TPSA) is 6.48 Å². The molecular weight excluding hydrogens is 354 g/mol. The van der Waals surface area contributed by atoms with Gasteiger partial charge in [0.05, 0.1) is 0 Å². The van der Waals surface area contributed by atoms with Gasteiger partial charge in [0.25, 0.3) is 0 Å². The third-order valence-electron chi connectivity index (χ3n) is 4.00. The van der Waals surface area contributed by atoms with Gasteiger partial charge in [-0.2, -0.15) is 0 Å². The van der Waals surface area contributed by atoms with E-state index in [9.17, 15) is 8.78 Å². The maximum atomic E-state index is 12.2. The highest BCUT2D eigenvalue weighted by atomic mass is 19.1. The first-order valence-electron chi connectivity index (χ1n) is 11.4. The molecule has 2 nitrogen and oxygen atoms in total. The summed E-state index contributed by atoms with van der Waals surface area (Å²) in [4.78, 5) is 5.15. The van der Waals surface area contributed by atoms with Crippen LogP contribution in [0, 0.1) is 18.6 Å². The second-order valence-electron chi connectivity index (χ2n) is 5.93. The number of unbranched alkanes of at least 4 members (excludes halogenated alkanes) is 2. The molecule has 4 heteroatoms. The third kappa shape index (κ3) is 18.4. The van der Waals surface area contributed by atoms with E-state index in [0.717, 1.165) is 6.07 Å². The number of likely N-dealkylation sites (N-methyl/N-ethyl adjacent to an activating group) is 1. The Balaban J connectivity index is -0.000000364. The number of halogens is 2. The Bertz CT molecular complexity index is 364. The Labute approximate surface area is 175 Å². The van der Waals surface area contributed by atoms with Crippen LogP contribution >= 0.6 is 0 Å². The minimum absolute atomic E-state index is 0.521. The first kappa shape index (κ1) is 31.7. The Morgan fingerprint density at radius 1 is 0.714 bits per heavy atom. The highest BCUT2D eigenvalue weighted by molar-refractivity contribution is 5.15. The molecule has 1 fully saturated rings. The summed E-state index contributed by atoms with van der Waals surface area (Å²) in [5, 5.41) is 0.